The van der Waals surface area contributed by atoms with Crippen LogP contribution in [0.5, 0.6) is 0 Å². The summed E-state index contributed by atoms with van der Waals surface area (Å²) in [6, 6.07) is 0. The molecule has 0 aliphatic carbocycles. The lowest BCUT2D eigenvalue weighted by Crippen LogP contribution is -2.56. The van der Waals surface area contributed by atoms with Crippen LogP contribution in [0, 0.1) is 0 Å². The molecule has 1 fully saturated rings. The van der Waals surface area contributed by atoms with Crippen LogP contribution in [-0.4, -0.2) is 55.5 Å². The van der Waals surface area contributed by atoms with Crippen molar-refractivity contribution in [2.75, 3.05) is 20.2 Å². The van der Waals surface area contributed by atoms with Gasteiger partial charge in [0.25, 0.3) is 0 Å². The highest BCUT2D eigenvalue weighted by molar-refractivity contribution is 5.74. The van der Waals surface area contributed by atoms with E-state index in [4.69, 9.17) is 9.47 Å². The summed E-state index contributed by atoms with van der Waals surface area (Å²) in [5.41, 5.74) is 0. The summed E-state index contributed by atoms with van der Waals surface area (Å²) in [5.74, 6) is -0.409. The average molecular weight is 245 g/mol. The van der Waals surface area contributed by atoms with Crippen LogP contribution in [0.1, 0.15) is 20.8 Å². The standard InChI is InChI=1S/C11H19NO5/c1-7(2)16-11(14)12-5-9(6-12)17-8(3)10(13)15-4/h7-9H,5-6H2,1-4H3. The molecule has 6 heteroatoms. The molecular weight excluding hydrogens is 226 g/mol. The third kappa shape index (κ3) is 3.89. The number of nitrogens with zero attached hydrogens (tertiary/aromatic N) is 1. The van der Waals surface area contributed by atoms with Gasteiger partial charge in [-0.2, -0.15) is 0 Å². The fourth-order valence-electron chi connectivity index (χ4n) is 1.46. The molecule has 1 heterocycles. The van der Waals surface area contributed by atoms with Gasteiger partial charge in [-0.1, -0.05) is 0 Å². The maximum atomic E-state index is 11.4. The second-order valence-corrected chi connectivity index (χ2v) is 4.26. The number of amides is 1. The van der Waals surface area contributed by atoms with Crippen molar-refractivity contribution in [2.45, 2.75) is 39.1 Å². The molecule has 0 aromatic rings. The van der Waals surface area contributed by atoms with E-state index in [0.29, 0.717) is 13.1 Å². The Morgan fingerprint density at radius 1 is 1.24 bits per heavy atom. The van der Waals surface area contributed by atoms with Crippen LogP contribution >= 0.6 is 0 Å². The number of methoxy groups -OCH3 is 1. The van der Waals surface area contributed by atoms with Gasteiger partial charge in [-0.05, 0) is 20.8 Å². The Kier molecular flexibility index (Phi) is 4.74. The molecule has 1 amide bonds. The summed E-state index contributed by atoms with van der Waals surface area (Å²) >= 11 is 0. The zero-order valence-corrected chi connectivity index (χ0v) is 10.6. The lowest BCUT2D eigenvalue weighted by molar-refractivity contribution is -0.162. The minimum absolute atomic E-state index is 0.121. The molecule has 1 unspecified atom stereocenters. The van der Waals surface area contributed by atoms with Gasteiger partial charge in [-0.25, -0.2) is 9.59 Å². The van der Waals surface area contributed by atoms with E-state index in [1.807, 2.05) is 0 Å². The van der Waals surface area contributed by atoms with Crippen LogP contribution in [0.15, 0.2) is 0 Å². The zero-order valence-electron chi connectivity index (χ0n) is 10.6. The summed E-state index contributed by atoms with van der Waals surface area (Å²) < 4.78 is 15.0. The highest BCUT2D eigenvalue weighted by Crippen LogP contribution is 2.15. The van der Waals surface area contributed by atoms with Gasteiger partial charge in [0.15, 0.2) is 6.10 Å². The number of likely N-dealkylation sites (tertiary alicyclic amines) is 1. The molecule has 0 N–H and O–H groups in total. The third-order valence-electron chi connectivity index (χ3n) is 2.37. The predicted octanol–water partition coefficient (Wildman–Crippen LogP) is 0.794. The Hall–Kier alpha value is -1.30. The quantitative estimate of drug-likeness (QED) is 0.685. The predicted molar refractivity (Wildman–Crippen MR) is 59.5 cm³/mol. The van der Waals surface area contributed by atoms with Gasteiger partial charge >= 0.3 is 12.1 Å². The van der Waals surface area contributed by atoms with Crippen molar-refractivity contribution in [1.29, 1.82) is 0 Å². The molecular formula is C11H19NO5. The number of carbonyl (C=O) groups excluding carboxylic acids is 2. The van der Waals surface area contributed by atoms with E-state index >= 15 is 0 Å². The molecule has 1 saturated heterocycles. The fraction of sp³-hybridized carbons (Fsp3) is 0.818. The van der Waals surface area contributed by atoms with Crippen molar-refractivity contribution < 1.29 is 23.8 Å². The number of hydrogen-bond donors (Lipinski definition) is 0. The number of carbonyl (C=O) groups is 2. The van der Waals surface area contributed by atoms with Gasteiger partial charge < -0.3 is 19.1 Å². The monoisotopic (exact) mass is 245 g/mol. The molecule has 0 saturated carbocycles. The minimum Gasteiger partial charge on any atom is -0.467 e. The molecule has 1 atom stereocenters. The van der Waals surface area contributed by atoms with Crippen molar-refractivity contribution in [1.82, 2.24) is 4.90 Å². The lowest BCUT2D eigenvalue weighted by Gasteiger charge is -2.39. The zero-order chi connectivity index (χ0) is 13.0. The molecule has 0 bridgehead atoms. The van der Waals surface area contributed by atoms with E-state index in [9.17, 15) is 9.59 Å². The largest absolute Gasteiger partial charge is 0.467 e. The first kappa shape index (κ1) is 13.8. The summed E-state index contributed by atoms with van der Waals surface area (Å²) in [7, 11) is 1.31. The first-order chi connectivity index (χ1) is 7.93. The summed E-state index contributed by atoms with van der Waals surface area (Å²) in [6.45, 7) is 6.12. The van der Waals surface area contributed by atoms with Crippen LogP contribution in [0.4, 0.5) is 4.79 Å². The van der Waals surface area contributed by atoms with E-state index < -0.39 is 12.1 Å². The van der Waals surface area contributed by atoms with Gasteiger partial charge in [-0.15, -0.1) is 0 Å². The van der Waals surface area contributed by atoms with E-state index in [1.54, 1.807) is 20.8 Å². The smallest absolute Gasteiger partial charge is 0.410 e. The Labute approximate surface area is 101 Å². The Morgan fingerprint density at radius 2 is 1.82 bits per heavy atom. The molecule has 1 aliphatic rings. The Balaban J connectivity index is 2.23. The van der Waals surface area contributed by atoms with Gasteiger partial charge in [0.1, 0.15) is 0 Å². The number of ether oxygens (including phenoxy) is 3. The maximum Gasteiger partial charge on any atom is 0.410 e. The Morgan fingerprint density at radius 3 is 2.29 bits per heavy atom. The second-order valence-electron chi connectivity index (χ2n) is 4.26. The van der Waals surface area contributed by atoms with Crippen LogP contribution in [0.2, 0.25) is 0 Å². The molecule has 1 aliphatic heterocycles. The summed E-state index contributed by atoms with van der Waals surface area (Å²) in [4.78, 5) is 24.0. The normalized spacial score (nSPS) is 17.6. The van der Waals surface area contributed by atoms with Crippen molar-refractivity contribution in [3.8, 4) is 0 Å². The van der Waals surface area contributed by atoms with Crippen molar-refractivity contribution in [2.24, 2.45) is 0 Å². The van der Waals surface area contributed by atoms with E-state index in [2.05, 4.69) is 4.74 Å². The molecule has 0 spiro atoms. The fourth-order valence-corrected chi connectivity index (χ4v) is 1.46. The summed E-state index contributed by atoms with van der Waals surface area (Å²) in [5, 5.41) is 0. The van der Waals surface area contributed by atoms with Crippen molar-refractivity contribution in [3.05, 3.63) is 0 Å². The lowest BCUT2D eigenvalue weighted by atomic mass is 10.2. The average Bonchev–Trinajstić information content (AvgIpc) is 2.19. The minimum atomic E-state index is -0.603. The molecule has 0 aromatic heterocycles. The van der Waals surface area contributed by atoms with Crippen molar-refractivity contribution >= 4 is 12.1 Å². The molecule has 0 radical (unpaired) electrons. The molecule has 0 aromatic carbocycles. The van der Waals surface area contributed by atoms with Crippen LogP contribution < -0.4 is 0 Å². The van der Waals surface area contributed by atoms with Gasteiger partial charge in [0, 0.05) is 0 Å². The van der Waals surface area contributed by atoms with Gasteiger partial charge in [-0.3, -0.25) is 0 Å². The van der Waals surface area contributed by atoms with Crippen LogP contribution in [0.25, 0.3) is 0 Å². The van der Waals surface area contributed by atoms with Gasteiger partial charge in [0.05, 0.1) is 32.4 Å². The maximum absolute atomic E-state index is 11.4. The second kappa shape index (κ2) is 5.86. The number of rotatable bonds is 4. The molecule has 17 heavy (non-hydrogen) atoms. The Bertz CT molecular complexity index is 286. The van der Waals surface area contributed by atoms with Crippen LogP contribution in [-0.2, 0) is 19.0 Å². The first-order valence-corrected chi connectivity index (χ1v) is 5.63. The highest BCUT2D eigenvalue weighted by Gasteiger charge is 2.35. The molecule has 1 rings (SSSR count). The third-order valence-corrected chi connectivity index (χ3v) is 2.37. The van der Waals surface area contributed by atoms with Crippen LogP contribution in [0.3, 0.4) is 0 Å². The summed E-state index contributed by atoms with van der Waals surface area (Å²) in [6.07, 6.45) is -1.20. The van der Waals surface area contributed by atoms with Crippen molar-refractivity contribution in [3.63, 3.8) is 0 Å². The number of hydrogen-bond acceptors (Lipinski definition) is 5. The highest BCUT2D eigenvalue weighted by atomic mass is 16.6. The number of esters is 1. The SMILES string of the molecule is COC(=O)C(C)OC1CN(C(=O)OC(C)C)C1. The van der Waals surface area contributed by atoms with E-state index in [0.717, 1.165) is 0 Å². The molecule has 6 nitrogen and oxygen atoms in total. The first-order valence-electron chi connectivity index (χ1n) is 5.63. The van der Waals surface area contributed by atoms with E-state index in [-0.39, 0.29) is 18.3 Å². The van der Waals surface area contributed by atoms with Gasteiger partial charge in [0.2, 0.25) is 0 Å². The molecule has 98 valence electrons. The van der Waals surface area contributed by atoms with E-state index in [1.165, 1.54) is 12.0 Å². The topological polar surface area (TPSA) is 65.1 Å².